The first-order valence-electron chi connectivity index (χ1n) is 3.57. The van der Waals surface area contributed by atoms with Crippen molar-refractivity contribution >= 4 is 5.71 Å². The normalized spacial score (nSPS) is 13.6. The summed E-state index contributed by atoms with van der Waals surface area (Å²) in [4.78, 5) is 0. The van der Waals surface area contributed by atoms with E-state index < -0.39 is 0 Å². The van der Waals surface area contributed by atoms with Gasteiger partial charge >= 0.3 is 0 Å². The van der Waals surface area contributed by atoms with Crippen molar-refractivity contribution in [2.24, 2.45) is 10.5 Å². The molecule has 0 rings (SSSR count). The molecule has 0 fully saturated rings. The van der Waals surface area contributed by atoms with Crippen LogP contribution < -0.4 is 0 Å². The molecular weight excluding hydrogens is 124 g/mol. The Hall–Kier alpha value is -0.530. The van der Waals surface area contributed by atoms with Crippen LogP contribution in [0.5, 0.6) is 0 Å². The van der Waals surface area contributed by atoms with Crippen molar-refractivity contribution in [1.29, 1.82) is 0 Å². The molecule has 0 spiro atoms. The molecule has 10 heavy (non-hydrogen) atoms. The number of hydrazone groups is 1. The van der Waals surface area contributed by atoms with E-state index in [1.54, 1.807) is 0 Å². The lowest BCUT2D eigenvalue weighted by molar-refractivity contribution is 0.424. The van der Waals surface area contributed by atoms with Gasteiger partial charge < -0.3 is 5.01 Å². The molecule has 0 heterocycles. The lowest BCUT2D eigenvalue weighted by Crippen LogP contribution is -2.20. The molecule has 0 aromatic carbocycles. The maximum Gasteiger partial charge on any atom is 0.0403 e. The number of hydrogen-bond donors (Lipinski definition) is 0. The maximum atomic E-state index is 4.30. The molecule has 0 aliphatic carbocycles. The Kier molecular flexibility index (Phi) is 2.88. The van der Waals surface area contributed by atoms with Crippen molar-refractivity contribution in [3.8, 4) is 0 Å². The van der Waals surface area contributed by atoms with Gasteiger partial charge in [0.05, 0.1) is 0 Å². The third-order valence-electron chi connectivity index (χ3n) is 1.44. The minimum absolute atomic E-state index is 0.199. The zero-order valence-corrected chi connectivity index (χ0v) is 7.89. The van der Waals surface area contributed by atoms with Crippen LogP contribution in [0.3, 0.4) is 0 Å². The molecule has 0 radical (unpaired) electrons. The summed E-state index contributed by atoms with van der Waals surface area (Å²) in [6, 6.07) is 0. The second-order valence-corrected chi connectivity index (χ2v) is 3.78. The Labute approximate surface area is 63.9 Å². The summed E-state index contributed by atoms with van der Waals surface area (Å²) < 4.78 is 0. The summed E-state index contributed by atoms with van der Waals surface area (Å²) in [5.41, 5.74) is 1.36. The van der Waals surface area contributed by atoms with E-state index in [2.05, 4.69) is 32.8 Å². The fourth-order valence-electron chi connectivity index (χ4n) is 0.450. The van der Waals surface area contributed by atoms with Crippen LogP contribution in [-0.4, -0.2) is 24.8 Å². The standard InChI is InChI=1S/C8H18N2/c1-7(8(2,3)4)9-10(5)6/h1-6H3. The predicted octanol–water partition coefficient (Wildman–Crippen LogP) is 1.97. The SMILES string of the molecule is CC(=NN(C)C)C(C)(C)C. The molecule has 0 aliphatic heterocycles. The molecule has 2 heteroatoms. The van der Waals surface area contributed by atoms with Crippen LogP contribution in [0.2, 0.25) is 0 Å². The minimum Gasteiger partial charge on any atom is -0.303 e. The Morgan fingerprint density at radius 1 is 1.20 bits per heavy atom. The zero-order valence-electron chi connectivity index (χ0n) is 7.89. The van der Waals surface area contributed by atoms with Crippen molar-refractivity contribution in [3.63, 3.8) is 0 Å². The fraction of sp³-hybridized carbons (Fsp3) is 0.875. The molecule has 0 aromatic rings. The van der Waals surface area contributed by atoms with Crippen LogP contribution in [0.1, 0.15) is 27.7 Å². The molecule has 0 aliphatic rings. The fourth-order valence-corrected chi connectivity index (χ4v) is 0.450. The largest absolute Gasteiger partial charge is 0.303 e. The maximum absolute atomic E-state index is 4.30. The van der Waals surface area contributed by atoms with Gasteiger partial charge in [-0.25, -0.2) is 0 Å². The van der Waals surface area contributed by atoms with E-state index in [9.17, 15) is 0 Å². The van der Waals surface area contributed by atoms with E-state index in [-0.39, 0.29) is 5.41 Å². The summed E-state index contributed by atoms with van der Waals surface area (Å²) >= 11 is 0. The van der Waals surface area contributed by atoms with Gasteiger partial charge in [0.1, 0.15) is 0 Å². The van der Waals surface area contributed by atoms with E-state index in [0.29, 0.717) is 0 Å². The van der Waals surface area contributed by atoms with Gasteiger partial charge in [-0.3, -0.25) is 0 Å². The van der Waals surface area contributed by atoms with E-state index in [0.717, 1.165) is 5.71 Å². The summed E-state index contributed by atoms with van der Waals surface area (Å²) in [5.74, 6) is 0. The molecular formula is C8H18N2. The molecule has 2 nitrogen and oxygen atoms in total. The van der Waals surface area contributed by atoms with Gasteiger partial charge in [-0.15, -0.1) is 0 Å². The Morgan fingerprint density at radius 2 is 1.60 bits per heavy atom. The molecule has 0 atom stereocenters. The molecule has 0 aromatic heterocycles. The average Bonchev–Trinajstić information content (AvgIpc) is 1.60. The van der Waals surface area contributed by atoms with Gasteiger partial charge in [0, 0.05) is 25.2 Å². The van der Waals surface area contributed by atoms with Gasteiger partial charge in [-0.1, -0.05) is 20.8 Å². The van der Waals surface area contributed by atoms with E-state index in [4.69, 9.17) is 0 Å². The van der Waals surface area contributed by atoms with Crippen LogP contribution in [-0.2, 0) is 0 Å². The quantitative estimate of drug-likeness (QED) is 0.403. The highest BCUT2D eigenvalue weighted by Gasteiger charge is 2.13. The van der Waals surface area contributed by atoms with Crippen LogP contribution >= 0.6 is 0 Å². The third kappa shape index (κ3) is 3.49. The van der Waals surface area contributed by atoms with Crippen molar-refractivity contribution in [2.75, 3.05) is 14.1 Å². The second kappa shape index (κ2) is 3.04. The van der Waals surface area contributed by atoms with Gasteiger partial charge in [0.25, 0.3) is 0 Å². The molecule has 0 N–H and O–H groups in total. The lowest BCUT2D eigenvalue weighted by atomic mass is 9.91. The molecule has 0 bridgehead atoms. The Morgan fingerprint density at radius 3 is 1.70 bits per heavy atom. The smallest absolute Gasteiger partial charge is 0.0403 e. The summed E-state index contributed by atoms with van der Waals surface area (Å²) in [7, 11) is 3.88. The van der Waals surface area contributed by atoms with Crippen molar-refractivity contribution in [3.05, 3.63) is 0 Å². The minimum atomic E-state index is 0.199. The van der Waals surface area contributed by atoms with Gasteiger partial charge in [-0.2, -0.15) is 5.10 Å². The number of nitrogens with zero attached hydrogens (tertiary/aromatic N) is 2. The Bertz CT molecular complexity index is 129. The Balaban J connectivity index is 4.20. The highest BCUT2D eigenvalue weighted by atomic mass is 15.4. The molecule has 0 amide bonds. The summed E-state index contributed by atoms with van der Waals surface area (Å²) in [6.45, 7) is 8.54. The van der Waals surface area contributed by atoms with Crippen LogP contribution in [0.25, 0.3) is 0 Å². The first-order chi connectivity index (χ1) is 4.34. The first kappa shape index (κ1) is 9.47. The summed E-state index contributed by atoms with van der Waals surface area (Å²) in [5, 5.41) is 6.13. The van der Waals surface area contributed by atoms with Crippen molar-refractivity contribution < 1.29 is 0 Å². The predicted molar refractivity (Wildman–Crippen MR) is 46.3 cm³/mol. The van der Waals surface area contributed by atoms with E-state index in [1.165, 1.54) is 0 Å². The van der Waals surface area contributed by atoms with Crippen LogP contribution in [0, 0.1) is 5.41 Å². The lowest BCUT2D eigenvalue weighted by Gasteiger charge is -2.19. The van der Waals surface area contributed by atoms with Crippen molar-refractivity contribution in [2.45, 2.75) is 27.7 Å². The number of hydrogen-bond acceptors (Lipinski definition) is 2. The highest BCUT2D eigenvalue weighted by molar-refractivity contribution is 5.86. The number of rotatable bonds is 1. The van der Waals surface area contributed by atoms with Crippen molar-refractivity contribution in [1.82, 2.24) is 5.01 Å². The van der Waals surface area contributed by atoms with E-state index in [1.807, 2.05) is 19.1 Å². The monoisotopic (exact) mass is 142 g/mol. The van der Waals surface area contributed by atoms with E-state index >= 15 is 0 Å². The second-order valence-electron chi connectivity index (χ2n) is 3.78. The van der Waals surface area contributed by atoms with Gasteiger partial charge in [0.15, 0.2) is 0 Å². The molecule has 60 valence electrons. The molecule has 0 saturated carbocycles. The highest BCUT2D eigenvalue weighted by Crippen LogP contribution is 2.15. The molecule has 0 unspecified atom stereocenters. The van der Waals surface area contributed by atoms with Crippen LogP contribution in [0.15, 0.2) is 5.10 Å². The van der Waals surface area contributed by atoms with Gasteiger partial charge in [-0.05, 0) is 6.92 Å². The third-order valence-corrected chi connectivity index (χ3v) is 1.44. The van der Waals surface area contributed by atoms with Crippen LogP contribution in [0.4, 0.5) is 0 Å². The van der Waals surface area contributed by atoms with Gasteiger partial charge in [0.2, 0.25) is 0 Å². The average molecular weight is 142 g/mol. The zero-order chi connectivity index (χ0) is 8.36. The molecule has 0 saturated heterocycles. The summed E-state index contributed by atoms with van der Waals surface area (Å²) in [6.07, 6.45) is 0. The topological polar surface area (TPSA) is 15.6 Å². The first-order valence-corrected chi connectivity index (χ1v) is 3.57.